The van der Waals surface area contributed by atoms with Crippen molar-refractivity contribution in [2.75, 3.05) is 18.0 Å². The maximum atomic E-state index is 13.0. The summed E-state index contributed by atoms with van der Waals surface area (Å²) in [5.41, 5.74) is 1.67. The predicted molar refractivity (Wildman–Crippen MR) is 91.8 cm³/mol. The molecule has 2 aliphatic heterocycles. The van der Waals surface area contributed by atoms with E-state index >= 15 is 0 Å². The van der Waals surface area contributed by atoms with E-state index in [0.717, 1.165) is 30.0 Å². The first-order valence-corrected chi connectivity index (χ1v) is 8.72. The van der Waals surface area contributed by atoms with Crippen molar-refractivity contribution in [2.45, 2.75) is 32.2 Å². The summed E-state index contributed by atoms with van der Waals surface area (Å²) in [4.78, 5) is 29.0. The Labute approximate surface area is 146 Å². The number of rotatable bonds is 3. The molecule has 2 aromatic rings. The highest BCUT2D eigenvalue weighted by molar-refractivity contribution is 6.00. The van der Waals surface area contributed by atoms with Crippen LogP contribution in [0.5, 0.6) is 0 Å². The summed E-state index contributed by atoms with van der Waals surface area (Å²) in [5.74, 6) is 0.523. The van der Waals surface area contributed by atoms with Gasteiger partial charge in [0.05, 0.1) is 12.0 Å². The molecule has 2 aliphatic rings. The molecule has 2 atom stereocenters. The summed E-state index contributed by atoms with van der Waals surface area (Å²) in [7, 11) is 0. The van der Waals surface area contributed by atoms with Crippen LogP contribution in [-0.4, -0.2) is 35.0 Å². The molecule has 3 heterocycles. The molecule has 1 aromatic carbocycles. The van der Waals surface area contributed by atoms with Crippen molar-refractivity contribution in [3.8, 4) is 0 Å². The van der Waals surface area contributed by atoms with Crippen LogP contribution in [0.4, 0.5) is 5.69 Å². The van der Waals surface area contributed by atoms with Crippen LogP contribution in [0.2, 0.25) is 0 Å². The number of anilines is 1. The van der Waals surface area contributed by atoms with Gasteiger partial charge in [-0.1, -0.05) is 23.4 Å². The molecule has 0 spiro atoms. The Morgan fingerprint density at radius 2 is 2.08 bits per heavy atom. The lowest BCUT2D eigenvalue weighted by Gasteiger charge is -2.26. The zero-order valence-electron chi connectivity index (χ0n) is 14.2. The summed E-state index contributed by atoms with van der Waals surface area (Å²) >= 11 is 0. The fourth-order valence-electron chi connectivity index (χ4n) is 3.85. The zero-order chi connectivity index (χ0) is 17.4. The first-order chi connectivity index (χ1) is 12.1. The molecule has 0 aliphatic carbocycles. The molecule has 6 nitrogen and oxygen atoms in total. The Morgan fingerprint density at radius 1 is 1.28 bits per heavy atom. The second-order valence-corrected chi connectivity index (χ2v) is 6.79. The van der Waals surface area contributed by atoms with Crippen molar-refractivity contribution >= 4 is 17.5 Å². The van der Waals surface area contributed by atoms with Gasteiger partial charge >= 0.3 is 0 Å². The van der Waals surface area contributed by atoms with Gasteiger partial charge in [0.1, 0.15) is 11.5 Å². The fourth-order valence-corrected chi connectivity index (χ4v) is 3.85. The minimum Gasteiger partial charge on any atom is -0.361 e. The van der Waals surface area contributed by atoms with Gasteiger partial charge in [-0.25, -0.2) is 0 Å². The van der Waals surface area contributed by atoms with Gasteiger partial charge < -0.3 is 14.3 Å². The Hall–Kier alpha value is -2.63. The van der Waals surface area contributed by atoms with Gasteiger partial charge in [0, 0.05) is 31.3 Å². The zero-order valence-corrected chi connectivity index (χ0v) is 14.2. The number of aromatic nitrogens is 1. The highest BCUT2D eigenvalue weighted by Crippen LogP contribution is 2.35. The van der Waals surface area contributed by atoms with Crippen LogP contribution >= 0.6 is 0 Å². The fraction of sp³-hybridized carbons (Fsp3) is 0.421. The van der Waals surface area contributed by atoms with Crippen molar-refractivity contribution < 1.29 is 14.1 Å². The molecule has 25 heavy (non-hydrogen) atoms. The summed E-state index contributed by atoms with van der Waals surface area (Å²) in [5, 5.41) is 4.09. The van der Waals surface area contributed by atoms with Gasteiger partial charge in [0.15, 0.2) is 0 Å². The largest absolute Gasteiger partial charge is 0.361 e. The molecule has 0 N–H and O–H groups in total. The SMILES string of the molecule is Cc1cc([C@@H]2CCCN2C(=O)[C@H]2CC(=O)N(c3ccccc3)C2)no1. The van der Waals surface area contributed by atoms with E-state index in [1.807, 2.05) is 48.2 Å². The number of likely N-dealkylation sites (tertiary alicyclic amines) is 1. The second-order valence-electron chi connectivity index (χ2n) is 6.79. The molecule has 0 unspecified atom stereocenters. The van der Waals surface area contributed by atoms with Crippen LogP contribution in [0.15, 0.2) is 40.9 Å². The van der Waals surface area contributed by atoms with E-state index < -0.39 is 0 Å². The molecule has 2 saturated heterocycles. The lowest BCUT2D eigenvalue weighted by molar-refractivity contribution is -0.136. The van der Waals surface area contributed by atoms with E-state index in [4.69, 9.17) is 4.52 Å². The average Bonchev–Trinajstić information content (AvgIpc) is 3.34. The minimum atomic E-state index is -0.290. The molecule has 0 saturated carbocycles. The van der Waals surface area contributed by atoms with Crippen LogP contribution in [-0.2, 0) is 9.59 Å². The number of benzene rings is 1. The highest BCUT2D eigenvalue weighted by atomic mass is 16.5. The van der Waals surface area contributed by atoms with Gasteiger partial charge in [0.2, 0.25) is 11.8 Å². The molecule has 130 valence electrons. The topological polar surface area (TPSA) is 66.7 Å². The predicted octanol–water partition coefficient (Wildman–Crippen LogP) is 2.70. The average molecular weight is 339 g/mol. The van der Waals surface area contributed by atoms with Crippen LogP contribution in [0.3, 0.4) is 0 Å². The second kappa shape index (κ2) is 6.35. The maximum Gasteiger partial charge on any atom is 0.228 e. The Kier molecular flexibility index (Phi) is 4.03. The number of hydrogen-bond acceptors (Lipinski definition) is 4. The maximum absolute atomic E-state index is 13.0. The monoisotopic (exact) mass is 339 g/mol. The summed E-state index contributed by atoms with van der Waals surface area (Å²) in [6.07, 6.45) is 2.11. The van der Waals surface area contributed by atoms with Gasteiger partial charge in [-0.15, -0.1) is 0 Å². The van der Waals surface area contributed by atoms with Crippen molar-refractivity contribution in [3.63, 3.8) is 0 Å². The Bertz CT molecular complexity index is 786. The standard InChI is InChI=1S/C19H21N3O3/c1-13-10-16(20-25-13)17-8-5-9-21(17)19(24)14-11-18(23)22(12-14)15-6-3-2-4-7-15/h2-4,6-7,10,14,17H,5,8-9,11-12H2,1H3/t14-,17-/m0/s1. The lowest BCUT2D eigenvalue weighted by Crippen LogP contribution is -2.37. The highest BCUT2D eigenvalue weighted by Gasteiger charge is 2.41. The summed E-state index contributed by atoms with van der Waals surface area (Å²) in [6.45, 7) is 3.01. The van der Waals surface area contributed by atoms with E-state index in [1.54, 1.807) is 4.90 Å². The van der Waals surface area contributed by atoms with E-state index in [0.29, 0.717) is 13.1 Å². The van der Waals surface area contributed by atoms with Crippen molar-refractivity contribution in [1.82, 2.24) is 10.1 Å². The van der Waals surface area contributed by atoms with Crippen LogP contribution in [0, 0.1) is 12.8 Å². The Morgan fingerprint density at radius 3 is 2.80 bits per heavy atom. The van der Waals surface area contributed by atoms with Crippen LogP contribution in [0.1, 0.15) is 36.8 Å². The lowest BCUT2D eigenvalue weighted by atomic mass is 10.1. The van der Waals surface area contributed by atoms with Gasteiger partial charge in [-0.2, -0.15) is 0 Å². The minimum absolute atomic E-state index is 0.0116. The third-order valence-corrected chi connectivity index (χ3v) is 5.07. The molecule has 2 fully saturated rings. The van der Waals surface area contributed by atoms with Gasteiger partial charge in [-0.05, 0) is 31.9 Å². The Balaban J connectivity index is 1.50. The summed E-state index contributed by atoms with van der Waals surface area (Å²) in [6, 6.07) is 11.4. The molecule has 6 heteroatoms. The molecule has 0 bridgehead atoms. The molecule has 0 radical (unpaired) electrons. The van der Waals surface area contributed by atoms with Crippen molar-refractivity contribution in [2.24, 2.45) is 5.92 Å². The first-order valence-electron chi connectivity index (χ1n) is 8.72. The first kappa shape index (κ1) is 15.9. The van der Waals surface area contributed by atoms with E-state index in [1.165, 1.54) is 0 Å². The molecule has 4 rings (SSSR count). The molecular weight excluding hydrogens is 318 g/mol. The third-order valence-electron chi connectivity index (χ3n) is 5.07. The number of carbonyl (C=O) groups is 2. The smallest absolute Gasteiger partial charge is 0.228 e. The van der Waals surface area contributed by atoms with Gasteiger partial charge in [-0.3, -0.25) is 9.59 Å². The van der Waals surface area contributed by atoms with E-state index in [9.17, 15) is 9.59 Å². The third kappa shape index (κ3) is 2.92. The van der Waals surface area contributed by atoms with Crippen molar-refractivity contribution in [1.29, 1.82) is 0 Å². The van der Waals surface area contributed by atoms with E-state index in [2.05, 4.69) is 5.16 Å². The van der Waals surface area contributed by atoms with Gasteiger partial charge in [0.25, 0.3) is 0 Å². The summed E-state index contributed by atoms with van der Waals surface area (Å²) < 4.78 is 5.17. The van der Waals surface area contributed by atoms with E-state index in [-0.39, 0.29) is 30.2 Å². The number of hydrogen-bond donors (Lipinski definition) is 0. The number of aryl methyl sites for hydroxylation is 1. The number of amides is 2. The molecular formula is C19H21N3O3. The van der Waals surface area contributed by atoms with Crippen LogP contribution < -0.4 is 4.90 Å². The number of nitrogens with zero attached hydrogens (tertiary/aromatic N) is 3. The van der Waals surface area contributed by atoms with Crippen molar-refractivity contribution in [3.05, 3.63) is 47.9 Å². The number of carbonyl (C=O) groups excluding carboxylic acids is 2. The molecule has 2 amide bonds. The normalized spacial score (nSPS) is 23.5. The van der Waals surface area contributed by atoms with Crippen LogP contribution in [0.25, 0.3) is 0 Å². The molecule has 1 aromatic heterocycles. The quantitative estimate of drug-likeness (QED) is 0.862. The number of para-hydroxylation sites is 1.